The number of nitrogens with one attached hydrogen (secondary N) is 1. The summed E-state index contributed by atoms with van der Waals surface area (Å²) in [6.07, 6.45) is 3.12. The molecular formula is C21H24N4O3. The molecule has 1 aromatic carbocycles. The number of rotatable bonds is 4. The average molecular weight is 380 g/mol. The Morgan fingerprint density at radius 1 is 0.857 bits per heavy atom. The van der Waals surface area contributed by atoms with E-state index in [9.17, 15) is 14.4 Å². The lowest BCUT2D eigenvalue weighted by Crippen LogP contribution is -2.51. The Kier molecular flexibility index (Phi) is 6.03. The Hall–Kier alpha value is -3.22. The quantitative estimate of drug-likeness (QED) is 0.882. The first-order valence-corrected chi connectivity index (χ1v) is 9.35. The molecule has 1 fully saturated rings. The van der Waals surface area contributed by atoms with E-state index < -0.39 is 0 Å². The first-order valence-electron chi connectivity index (χ1n) is 9.35. The summed E-state index contributed by atoms with van der Waals surface area (Å²) < 4.78 is 0. The van der Waals surface area contributed by atoms with Crippen LogP contribution in [0.2, 0.25) is 0 Å². The maximum atomic E-state index is 12.7. The summed E-state index contributed by atoms with van der Waals surface area (Å²) in [5.41, 5.74) is 1.69. The van der Waals surface area contributed by atoms with E-state index in [1.54, 1.807) is 53.7 Å². The molecule has 0 bridgehead atoms. The maximum Gasteiger partial charge on any atom is 0.255 e. The average Bonchev–Trinajstić information content (AvgIpc) is 2.74. The van der Waals surface area contributed by atoms with Gasteiger partial charge in [-0.1, -0.05) is 13.8 Å². The lowest BCUT2D eigenvalue weighted by atomic mass is 10.1. The van der Waals surface area contributed by atoms with Crippen molar-refractivity contribution in [1.82, 2.24) is 14.8 Å². The van der Waals surface area contributed by atoms with Gasteiger partial charge in [0, 0.05) is 61.3 Å². The molecule has 1 saturated heterocycles. The molecule has 7 heteroatoms. The molecule has 1 N–H and O–H groups in total. The van der Waals surface area contributed by atoms with Crippen molar-refractivity contribution in [2.45, 2.75) is 13.8 Å². The molecule has 0 atom stereocenters. The van der Waals surface area contributed by atoms with E-state index in [1.165, 1.54) is 0 Å². The molecule has 1 aliphatic heterocycles. The third kappa shape index (κ3) is 4.54. The fourth-order valence-electron chi connectivity index (χ4n) is 3.08. The van der Waals surface area contributed by atoms with Gasteiger partial charge in [0.2, 0.25) is 5.91 Å². The van der Waals surface area contributed by atoms with Gasteiger partial charge in [-0.2, -0.15) is 0 Å². The largest absolute Gasteiger partial charge is 0.339 e. The fraction of sp³-hybridized carbons (Fsp3) is 0.333. The zero-order valence-corrected chi connectivity index (χ0v) is 16.1. The van der Waals surface area contributed by atoms with Crippen molar-refractivity contribution in [2.24, 2.45) is 5.92 Å². The molecule has 2 heterocycles. The number of aromatic nitrogens is 1. The van der Waals surface area contributed by atoms with Crippen LogP contribution in [0.1, 0.15) is 34.6 Å². The van der Waals surface area contributed by atoms with Gasteiger partial charge in [-0.3, -0.25) is 19.4 Å². The molecular weight excluding hydrogens is 356 g/mol. The minimum absolute atomic E-state index is 0.0304. The van der Waals surface area contributed by atoms with Crippen LogP contribution in [0, 0.1) is 5.92 Å². The summed E-state index contributed by atoms with van der Waals surface area (Å²) >= 11 is 0. The lowest BCUT2D eigenvalue weighted by molar-refractivity contribution is -0.135. The fourth-order valence-corrected chi connectivity index (χ4v) is 3.08. The number of carbonyl (C=O) groups is 3. The van der Waals surface area contributed by atoms with Crippen LogP contribution in [0.3, 0.4) is 0 Å². The van der Waals surface area contributed by atoms with Crippen molar-refractivity contribution in [3.8, 4) is 0 Å². The monoisotopic (exact) mass is 380 g/mol. The molecule has 0 saturated carbocycles. The van der Waals surface area contributed by atoms with Crippen molar-refractivity contribution in [3.05, 3.63) is 59.9 Å². The van der Waals surface area contributed by atoms with E-state index in [-0.39, 0.29) is 23.6 Å². The van der Waals surface area contributed by atoms with E-state index >= 15 is 0 Å². The number of amides is 3. The Morgan fingerprint density at radius 2 is 1.43 bits per heavy atom. The number of benzene rings is 1. The predicted molar refractivity (Wildman–Crippen MR) is 106 cm³/mol. The Morgan fingerprint density at radius 3 is 2.00 bits per heavy atom. The van der Waals surface area contributed by atoms with Crippen molar-refractivity contribution in [3.63, 3.8) is 0 Å². The first-order chi connectivity index (χ1) is 13.5. The number of hydrogen-bond donors (Lipinski definition) is 1. The van der Waals surface area contributed by atoms with Crippen molar-refractivity contribution >= 4 is 23.4 Å². The minimum Gasteiger partial charge on any atom is -0.339 e. The maximum absolute atomic E-state index is 12.7. The number of hydrogen-bond acceptors (Lipinski definition) is 4. The molecule has 3 rings (SSSR count). The van der Waals surface area contributed by atoms with Gasteiger partial charge in [0.15, 0.2) is 0 Å². The van der Waals surface area contributed by atoms with E-state index in [4.69, 9.17) is 0 Å². The second-order valence-electron chi connectivity index (χ2n) is 7.04. The molecule has 28 heavy (non-hydrogen) atoms. The summed E-state index contributed by atoms with van der Waals surface area (Å²) in [4.78, 5) is 44.4. The minimum atomic E-state index is -0.229. The van der Waals surface area contributed by atoms with Gasteiger partial charge in [-0.25, -0.2) is 0 Å². The summed E-state index contributed by atoms with van der Waals surface area (Å²) in [7, 11) is 0. The second-order valence-corrected chi connectivity index (χ2v) is 7.04. The smallest absolute Gasteiger partial charge is 0.255 e. The van der Waals surface area contributed by atoms with E-state index in [1.807, 2.05) is 18.7 Å². The van der Waals surface area contributed by atoms with Crippen molar-refractivity contribution < 1.29 is 14.4 Å². The van der Waals surface area contributed by atoms with Crippen LogP contribution in [0.15, 0.2) is 48.8 Å². The Balaban J connectivity index is 1.57. The van der Waals surface area contributed by atoms with Gasteiger partial charge in [-0.05, 0) is 36.4 Å². The van der Waals surface area contributed by atoms with Gasteiger partial charge in [0.05, 0.1) is 0 Å². The molecule has 1 aromatic heterocycles. The van der Waals surface area contributed by atoms with Crippen LogP contribution in [0.25, 0.3) is 0 Å². The summed E-state index contributed by atoms with van der Waals surface area (Å²) in [5, 5.41) is 2.80. The van der Waals surface area contributed by atoms with Gasteiger partial charge >= 0.3 is 0 Å². The lowest BCUT2D eigenvalue weighted by Gasteiger charge is -2.35. The number of piperazine rings is 1. The molecule has 7 nitrogen and oxygen atoms in total. The highest BCUT2D eigenvalue weighted by Gasteiger charge is 2.25. The van der Waals surface area contributed by atoms with E-state index in [0.717, 1.165) is 0 Å². The van der Waals surface area contributed by atoms with Crippen molar-refractivity contribution in [1.29, 1.82) is 0 Å². The Bertz CT molecular complexity index is 842. The van der Waals surface area contributed by atoms with Crippen LogP contribution in [0.4, 0.5) is 5.69 Å². The Labute approximate surface area is 164 Å². The van der Waals surface area contributed by atoms with E-state index in [0.29, 0.717) is 43.0 Å². The summed E-state index contributed by atoms with van der Waals surface area (Å²) in [6.45, 7) is 5.94. The zero-order valence-electron chi connectivity index (χ0n) is 16.1. The van der Waals surface area contributed by atoms with Crippen LogP contribution in [-0.2, 0) is 4.79 Å². The van der Waals surface area contributed by atoms with Crippen LogP contribution in [0.5, 0.6) is 0 Å². The standard InChI is InChI=1S/C21H24N4O3/c1-15(2)20(27)24-11-13-25(14-12-24)21(28)17-3-5-18(6-4-17)23-19(26)16-7-9-22-10-8-16/h3-10,15H,11-14H2,1-2H3,(H,23,26). The number of anilines is 1. The van der Waals surface area contributed by atoms with Crippen molar-refractivity contribution in [2.75, 3.05) is 31.5 Å². The molecule has 3 amide bonds. The molecule has 0 radical (unpaired) electrons. The molecule has 2 aromatic rings. The van der Waals surface area contributed by atoms with Gasteiger partial charge in [0.1, 0.15) is 0 Å². The predicted octanol–water partition coefficient (Wildman–Crippen LogP) is 2.27. The second kappa shape index (κ2) is 8.65. The highest BCUT2D eigenvalue weighted by Crippen LogP contribution is 2.15. The SMILES string of the molecule is CC(C)C(=O)N1CCN(C(=O)c2ccc(NC(=O)c3ccncc3)cc2)CC1. The third-order valence-corrected chi connectivity index (χ3v) is 4.70. The van der Waals surface area contributed by atoms with Gasteiger partial charge in [-0.15, -0.1) is 0 Å². The van der Waals surface area contributed by atoms with Crippen LogP contribution < -0.4 is 5.32 Å². The molecule has 0 aliphatic carbocycles. The highest BCUT2D eigenvalue weighted by molar-refractivity contribution is 6.04. The number of nitrogens with zero attached hydrogens (tertiary/aromatic N) is 3. The van der Waals surface area contributed by atoms with Gasteiger partial charge in [0.25, 0.3) is 11.8 Å². The molecule has 0 unspecified atom stereocenters. The summed E-state index contributed by atoms with van der Waals surface area (Å²) in [5.74, 6) is -0.199. The van der Waals surface area contributed by atoms with Crippen LogP contribution >= 0.6 is 0 Å². The zero-order chi connectivity index (χ0) is 20.1. The van der Waals surface area contributed by atoms with Gasteiger partial charge < -0.3 is 15.1 Å². The third-order valence-electron chi connectivity index (χ3n) is 4.70. The molecule has 0 spiro atoms. The highest BCUT2D eigenvalue weighted by atomic mass is 16.2. The summed E-state index contributed by atoms with van der Waals surface area (Å²) in [6, 6.07) is 10.1. The number of carbonyl (C=O) groups excluding carboxylic acids is 3. The first kappa shape index (κ1) is 19.5. The normalized spacial score (nSPS) is 14.1. The number of pyridine rings is 1. The molecule has 1 aliphatic rings. The topological polar surface area (TPSA) is 82.6 Å². The van der Waals surface area contributed by atoms with Crippen LogP contribution in [-0.4, -0.2) is 58.7 Å². The van der Waals surface area contributed by atoms with E-state index in [2.05, 4.69) is 10.3 Å². The molecule has 146 valence electrons.